The van der Waals surface area contributed by atoms with Crippen molar-refractivity contribution in [3.63, 3.8) is 0 Å². The molecular formula is C33H29F5N4O3. The number of carbonyl (C=O) groups excluding carboxylic acids is 1. The molecule has 0 bridgehead atoms. The first-order valence-electron chi connectivity index (χ1n) is 13.7. The Morgan fingerprint density at radius 1 is 0.911 bits per heavy atom. The predicted octanol–water partition coefficient (Wildman–Crippen LogP) is 7.24. The Bertz CT molecular complexity index is 1710. The number of nitrogens with one attached hydrogen (secondary N) is 1. The highest BCUT2D eigenvalue weighted by Crippen LogP contribution is 2.34. The quantitative estimate of drug-likeness (QED) is 0.178. The van der Waals surface area contributed by atoms with E-state index in [2.05, 4.69) is 15.4 Å². The van der Waals surface area contributed by atoms with E-state index in [1.54, 1.807) is 36.4 Å². The summed E-state index contributed by atoms with van der Waals surface area (Å²) in [6.45, 7) is 3.66. The molecule has 0 saturated carbocycles. The van der Waals surface area contributed by atoms with Crippen molar-refractivity contribution < 1.29 is 36.6 Å². The number of ether oxygens (including phenoxy) is 1. The molecular weight excluding hydrogens is 595 g/mol. The van der Waals surface area contributed by atoms with Crippen molar-refractivity contribution in [3.05, 3.63) is 144 Å². The first-order chi connectivity index (χ1) is 21.4. The summed E-state index contributed by atoms with van der Waals surface area (Å²) >= 11 is 0. The third-order valence-electron chi connectivity index (χ3n) is 6.44. The molecule has 12 heteroatoms. The molecule has 5 aromatic rings. The standard InChI is InChI=1S/C17H16F3NO2.C16H13F2N3O/c1-11(2)23-13-7-5-6-12(10-13)21-16(22)14-8-3-4-9-15(14)17(18,19)20;17-13-7-5-12(6-8-13)16(22,9-21-11-19-10-20-21)14-3-1-2-4-15(14)18/h3-11H,1-2H3,(H,21,22);1-8,10-11,22H,9H2. The lowest BCUT2D eigenvalue weighted by molar-refractivity contribution is -0.137. The normalized spacial score (nSPS) is 12.6. The van der Waals surface area contributed by atoms with Crippen LogP contribution >= 0.6 is 0 Å². The Morgan fingerprint density at radius 2 is 1.58 bits per heavy atom. The van der Waals surface area contributed by atoms with Crippen LogP contribution in [0.1, 0.15) is 40.9 Å². The van der Waals surface area contributed by atoms with Gasteiger partial charge in [0.25, 0.3) is 5.91 Å². The van der Waals surface area contributed by atoms with Gasteiger partial charge in [0, 0.05) is 17.3 Å². The van der Waals surface area contributed by atoms with Crippen molar-refractivity contribution in [2.24, 2.45) is 0 Å². The van der Waals surface area contributed by atoms with Crippen LogP contribution in [0.4, 0.5) is 27.6 Å². The Labute approximate surface area is 255 Å². The highest BCUT2D eigenvalue weighted by molar-refractivity contribution is 6.05. The van der Waals surface area contributed by atoms with E-state index in [4.69, 9.17) is 4.74 Å². The first kappa shape index (κ1) is 32.8. The SMILES string of the molecule is CC(C)Oc1cccc(NC(=O)c2ccccc2C(F)(F)F)c1.OC(Cn1cncn1)(c1ccc(F)cc1)c1ccccc1F. The second-order valence-corrected chi connectivity index (χ2v) is 10.1. The number of rotatable bonds is 8. The minimum Gasteiger partial charge on any atom is -0.491 e. The highest BCUT2D eigenvalue weighted by Gasteiger charge is 2.36. The molecule has 0 spiro atoms. The van der Waals surface area contributed by atoms with Crippen LogP contribution in [0.15, 0.2) is 110 Å². The van der Waals surface area contributed by atoms with Gasteiger partial charge in [0.15, 0.2) is 0 Å². The van der Waals surface area contributed by atoms with Crippen LogP contribution in [0.2, 0.25) is 0 Å². The monoisotopic (exact) mass is 624 g/mol. The van der Waals surface area contributed by atoms with E-state index < -0.39 is 40.4 Å². The highest BCUT2D eigenvalue weighted by atomic mass is 19.4. The van der Waals surface area contributed by atoms with E-state index in [9.17, 15) is 31.9 Å². The smallest absolute Gasteiger partial charge is 0.417 e. The van der Waals surface area contributed by atoms with Gasteiger partial charge in [0.2, 0.25) is 0 Å². The largest absolute Gasteiger partial charge is 0.491 e. The average molecular weight is 625 g/mol. The zero-order valence-electron chi connectivity index (χ0n) is 24.2. The van der Waals surface area contributed by atoms with Crippen LogP contribution < -0.4 is 10.1 Å². The number of aliphatic hydroxyl groups is 1. The molecule has 1 unspecified atom stereocenters. The Morgan fingerprint density at radius 3 is 2.20 bits per heavy atom. The third kappa shape index (κ3) is 8.51. The van der Waals surface area contributed by atoms with E-state index in [0.717, 1.165) is 12.1 Å². The first-order valence-corrected chi connectivity index (χ1v) is 13.7. The van der Waals surface area contributed by atoms with E-state index in [0.29, 0.717) is 17.0 Å². The summed E-state index contributed by atoms with van der Waals surface area (Å²) in [7, 11) is 0. The molecule has 1 aromatic heterocycles. The lowest BCUT2D eigenvalue weighted by Crippen LogP contribution is -2.34. The number of hydrogen-bond acceptors (Lipinski definition) is 5. The second kappa shape index (κ2) is 14.1. The molecule has 0 aliphatic carbocycles. The number of anilines is 1. The van der Waals surface area contributed by atoms with Gasteiger partial charge in [-0.25, -0.2) is 18.4 Å². The summed E-state index contributed by atoms with van der Waals surface area (Å²) in [5.74, 6) is -1.27. The van der Waals surface area contributed by atoms with E-state index in [-0.39, 0.29) is 18.2 Å². The summed E-state index contributed by atoms with van der Waals surface area (Å²) in [6, 6.07) is 22.4. The van der Waals surface area contributed by atoms with Gasteiger partial charge in [-0.15, -0.1) is 0 Å². The molecule has 1 heterocycles. The fourth-order valence-corrected chi connectivity index (χ4v) is 4.45. The molecule has 0 aliphatic rings. The summed E-state index contributed by atoms with van der Waals surface area (Å²) in [4.78, 5) is 16.0. The van der Waals surface area contributed by atoms with E-state index in [1.165, 1.54) is 65.9 Å². The molecule has 1 atom stereocenters. The molecule has 5 rings (SSSR count). The molecule has 0 fully saturated rings. The maximum atomic E-state index is 14.2. The summed E-state index contributed by atoms with van der Waals surface area (Å²) in [5, 5.41) is 17.6. The van der Waals surface area contributed by atoms with Crippen molar-refractivity contribution in [2.45, 2.75) is 38.3 Å². The number of hydrogen-bond donors (Lipinski definition) is 2. The van der Waals surface area contributed by atoms with Crippen LogP contribution in [0.3, 0.4) is 0 Å². The third-order valence-corrected chi connectivity index (χ3v) is 6.44. The van der Waals surface area contributed by atoms with Crippen molar-refractivity contribution >= 4 is 11.6 Å². The van der Waals surface area contributed by atoms with Crippen molar-refractivity contribution in [2.75, 3.05) is 5.32 Å². The van der Waals surface area contributed by atoms with E-state index >= 15 is 0 Å². The predicted molar refractivity (Wildman–Crippen MR) is 157 cm³/mol. The Balaban J connectivity index is 0.000000205. The molecule has 1 amide bonds. The van der Waals surface area contributed by atoms with Crippen molar-refractivity contribution in [1.29, 1.82) is 0 Å². The lowest BCUT2D eigenvalue weighted by atomic mass is 9.86. The number of aromatic nitrogens is 3. The number of carbonyl (C=O) groups is 1. The Kier molecular flexibility index (Phi) is 10.3. The number of alkyl halides is 3. The van der Waals surface area contributed by atoms with Crippen LogP contribution in [-0.2, 0) is 18.3 Å². The minimum absolute atomic E-state index is 0.0421. The summed E-state index contributed by atoms with van der Waals surface area (Å²) in [5.41, 5.74) is -2.24. The van der Waals surface area contributed by atoms with Crippen molar-refractivity contribution in [1.82, 2.24) is 14.8 Å². The second-order valence-electron chi connectivity index (χ2n) is 10.1. The number of nitrogens with zero attached hydrogens (tertiary/aromatic N) is 3. The summed E-state index contributed by atoms with van der Waals surface area (Å²) in [6.07, 6.45) is -1.88. The van der Waals surface area contributed by atoms with Gasteiger partial charge in [-0.05, 0) is 61.9 Å². The average Bonchev–Trinajstić information content (AvgIpc) is 3.50. The van der Waals surface area contributed by atoms with Crippen LogP contribution in [-0.4, -0.2) is 31.9 Å². The zero-order valence-corrected chi connectivity index (χ0v) is 24.2. The van der Waals surface area contributed by atoms with Crippen LogP contribution in [0, 0.1) is 11.6 Å². The van der Waals surface area contributed by atoms with Crippen LogP contribution in [0.5, 0.6) is 5.75 Å². The molecule has 0 aliphatic heterocycles. The molecule has 2 N–H and O–H groups in total. The van der Waals surface area contributed by atoms with Gasteiger partial charge in [-0.1, -0.05) is 48.5 Å². The number of benzene rings is 4. The van der Waals surface area contributed by atoms with Gasteiger partial charge < -0.3 is 15.2 Å². The molecule has 0 saturated heterocycles. The summed E-state index contributed by atoms with van der Waals surface area (Å²) < 4.78 is 73.1. The topological polar surface area (TPSA) is 89.3 Å². The van der Waals surface area contributed by atoms with E-state index in [1.807, 2.05) is 13.8 Å². The van der Waals surface area contributed by atoms with Gasteiger partial charge in [-0.2, -0.15) is 18.3 Å². The molecule has 45 heavy (non-hydrogen) atoms. The molecule has 7 nitrogen and oxygen atoms in total. The van der Waals surface area contributed by atoms with Gasteiger partial charge in [-0.3, -0.25) is 4.79 Å². The van der Waals surface area contributed by atoms with Crippen molar-refractivity contribution in [3.8, 4) is 5.75 Å². The molecule has 234 valence electrons. The molecule has 0 radical (unpaired) electrons. The number of halogens is 5. The number of amides is 1. The molecule has 4 aromatic carbocycles. The maximum Gasteiger partial charge on any atom is 0.417 e. The van der Waals surface area contributed by atoms with Gasteiger partial charge in [0.1, 0.15) is 35.6 Å². The Hall–Kier alpha value is -5.10. The fourth-order valence-electron chi connectivity index (χ4n) is 4.45. The maximum absolute atomic E-state index is 14.2. The van der Waals surface area contributed by atoms with Crippen LogP contribution in [0.25, 0.3) is 0 Å². The minimum atomic E-state index is -4.59. The zero-order chi connectivity index (χ0) is 32.6. The fraction of sp³-hybridized carbons (Fsp3) is 0.182. The lowest BCUT2D eigenvalue weighted by Gasteiger charge is -2.29. The van der Waals surface area contributed by atoms with Gasteiger partial charge in [0.05, 0.1) is 23.8 Å². The van der Waals surface area contributed by atoms with Gasteiger partial charge >= 0.3 is 6.18 Å².